The third-order valence-electron chi connectivity index (χ3n) is 2.95. The first-order chi connectivity index (χ1) is 8.31. The minimum atomic E-state index is -0.429. The molecule has 1 aliphatic rings. The van der Waals surface area contributed by atoms with E-state index in [-0.39, 0.29) is 12.1 Å². The van der Waals surface area contributed by atoms with Crippen molar-refractivity contribution in [2.45, 2.75) is 58.2 Å². The lowest BCUT2D eigenvalue weighted by atomic mass is 10.1. The molecule has 18 heavy (non-hydrogen) atoms. The Kier molecular flexibility index (Phi) is 5.41. The second kappa shape index (κ2) is 6.38. The molecule has 1 rings (SSSR count). The average Bonchev–Trinajstić information content (AvgIpc) is 2.27. The maximum absolute atomic E-state index is 12.0. The molecule has 1 saturated heterocycles. The number of hydrogen-bond donors (Lipinski definition) is 2. The Labute approximate surface area is 110 Å². The summed E-state index contributed by atoms with van der Waals surface area (Å²) in [6, 6.07) is 0.610. The van der Waals surface area contributed by atoms with E-state index in [1.54, 1.807) is 4.90 Å². The van der Waals surface area contributed by atoms with Gasteiger partial charge < -0.3 is 20.7 Å². The number of carbonyl (C=O) groups excluding carboxylic acids is 1. The number of nitrogens with zero attached hydrogens (tertiary/aromatic N) is 1. The zero-order valence-corrected chi connectivity index (χ0v) is 12.0. The van der Waals surface area contributed by atoms with E-state index in [1.165, 1.54) is 0 Å². The molecule has 5 heteroatoms. The van der Waals surface area contributed by atoms with E-state index in [1.807, 2.05) is 20.8 Å². The zero-order chi connectivity index (χ0) is 13.8. The number of rotatable bonds is 3. The molecule has 1 heterocycles. The molecule has 0 aromatic carbocycles. The molecule has 0 radical (unpaired) electrons. The maximum atomic E-state index is 12.0. The van der Waals surface area contributed by atoms with Crippen molar-refractivity contribution in [2.75, 3.05) is 19.6 Å². The van der Waals surface area contributed by atoms with Gasteiger partial charge in [-0.05, 0) is 40.5 Å². The SMILES string of the molecule is CC(CN)NC1CCCN(C(=O)OC(C)(C)C)C1. The highest BCUT2D eigenvalue weighted by atomic mass is 16.6. The minimum absolute atomic E-state index is 0.214. The average molecular weight is 257 g/mol. The third-order valence-corrected chi connectivity index (χ3v) is 2.95. The molecule has 1 aliphatic heterocycles. The lowest BCUT2D eigenvalue weighted by Gasteiger charge is -2.35. The van der Waals surface area contributed by atoms with Crippen LogP contribution < -0.4 is 11.1 Å². The van der Waals surface area contributed by atoms with Gasteiger partial charge in [-0.15, -0.1) is 0 Å². The first-order valence-corrected chi connectivity index (χ1v) is 6.76. The highest BCUT2D eigenvalue weighted by molar-refractivity contribution is 5.68. The van der Waals surface area contributed by atoms with Crippen LogP contribution in [0.1, 0.15) is 40.5 Å². The fraction of sp³-hybridized carbons (Fsp3) is 0.923. The van der Waals surface area contributed by atoms with E-state index in [0.29, 0.717) is 19.1 Å². The summed E-state index contributed by atoms with van der Waals surface area (Å²) in [5, 5.41) is 3.44. The first-order valence-electron chi connectivity index (χ1n) is 6.76. The predicted octanol–water partition coefficient (Wildman–Crippen LogP) is 1.32. The molecule has 1 fully saturated rings. The summed E-state index contributed by atoms with van der Waals surface area (Å²) in [5.74, 6) is 0. The van der Waals surface area contributed by atoms with E-state index >= 15 is 0 Å². The molecule has 5 nitrogen and oxygen atoms in total. The summed E-state index contributed by atoms with van der Waals surface area (Å²) in [6.45, 7) is 9.84. The number of piperidine rings is 1. The molecule has 0 aromatic rings. The lowest BCUT2D eigenvalue weighted by molar-refractivity contribution is 0.0184. The molecule has 0 saturated carbocycles. The van der Waals surface area contributed by atoms with Crippen molar-refractivity contribution < 1.29 is 9.53 Å². The summed E-state index contributed by atoms with van der Waals surface area (Å²) in [6.07, 6.45) is 1.88. The van der Waals surface area contributed by atoms with Crippen molar-refractivity contribution in [2.24, 2.45) is 5.73 Å². The van der Waals surface area contributed by atoms with Crippen molar-refractivity contribution in [3.63, 3.8) is 0 Å². The van der Waals surface area contributed by atoms with Crippen molar-refractivity contribution in [3.8, 4) is 0 Å². The van der Waals surface area contributed by atoms with Crippen molar-refractivity contribution in [3.05, 3.63) is 0 Å². The van der Waals surface area contributed by atoms with Crippen LogP contribution in [0.15, 0.2) is 0 Å². The van der Waals surface area contributed by atoms with Gasteiger partial charge in [-0.1, -0.05) is 0 Å². The number of nitrogens with one attached hydrogen (secondary N) is 1. The molecular formula is C13H27N3O2. The number of hydrogen-bond acceptors (Lipinski definition) is 4. The molecular weight excluding hydrogens is 230 g/mol. The molecule has 0 aromatic heterocycles. The summed E-state index contributed by atoms with van der Waals surface area (Å²) >= 11 is 0. The largest absolute Gasteiger partial charge is 0.444 e. The van der Waals surface area contributed by atoms with E-state index in [4.69, 9.17) is 10.5 Å². The second-order valence-electron chi connectivity index (χ2n) is 6.07. The summed E-state index contributed by atoms with van der Waals surface area (Å²) in [7, 11) is 0. The molecule has 2 unspecified atom stereocenters. The van der Waals surface area contributed by atoms with Gasteiger partial charge >= 0.3 is 6.09 Å². The van der Waals surface area contributed by atoms with Gasteiger partial charge in [0.1, 0.15) is 5.60 Å². The van der Waals surface area contributed by atoms with Crippen molar-refractivity contribution in [1.82, 2.24) is 10.2 Å². The van der Waals surface area contributed by atoms with Gasteiger partial charge in [0, 0.05) is 31.7 Å². The van der Waals surface area contributed by atoms with Crippen LogP contribution >= 0.6 is 0 Å². The standard InChI is InChI=1S/C13H27N3O2/c1-10(8-14)15-11-6-5-7-16(9-11)12(17)18-13(2,3)4/h10-11,15H,5-9,14H2,1-4H3. The summed E-state index contributed by atoms with van der Waals surface area (Å²) in [5.41, 5.74) is 5.17. The van der Waals surface area contributed by atoms with Crippen molar-refractivity contribution >= 4 is 6.09 Å². The maximum Gasteiger partial charge on any atom is 0.410 e. The Morgan fingerprint density at radius 2 is 2.22 bits per heavy atom. The Bertz CT molecular complexity index is 276. The molecule has 0 bridgehead atoms. The Hall–Kier alpha value is -0.810. The number of carbonyl (C=O) groups is 1. The van der Waals surface area contributed by atoms with Crippen LogP contribution in [0.4, 0.5) is 4.79 Å². The minimum Gasteiger partial charge on any atom is -0.444 e. The van der Waals surface area contributed by atoms with E-state index in [2.05, 4.69) is 12.2 Å². The van der Waals surface area contributed by atoms with Gasteiger partial charge in [0.05, 0.1) is 0 Å². The van der Waals surface area contributed by atoms with Gasteiger partial charge in [-0.25, -0.2) is 4.79 Å². The summed E-state index contributed by atoms with van der Waals surface area (Å²) < 4.78 is 5.39. The number of ether oxygens (including phenoxy) is 1. The van der Waals surface area contributed by atoms with Crippen molar-refractivity contribution in [1.29, 1.82) is 0 Å². The number of likely N-dealkylation sites (tertiary alicyclic amines) is 1. The van der Waals surface area contributed by atoms with E-state index in [0.717, 1.165) is 19.4 Å². The highest BCUT2D eigenvalue weighted by Gasteiger charge is 2.27. The molecule has 3 N–H and O–H groups in total. The molecule has 0 aliphatic carbocycles. The quantitative estimate of drug-likeness (QED) is 0.800. The monoisotopic (exact) mass is 257 g/mol. The zero-order valence-electron chi connectivity index (χ0n) is 12.0. The fourth-order valence-electron chi connectivity index (χ4n) is 2.08. The molecule has 106 valence electrons. The number of nitrogens with two attached hydrogens (primary N) is 1. The van der Waals surface area contributed by atoms with Crippen LogP contribution in [0.5, 0.6) is 0 Å². The Morgan fingerprint density at radius 1 is 1.56 bits per heavy atom. The second-order valence-corrected chi connectivity index (χ2v) is 6.07. The van der Waals surface area contributed by atoms with Gasteiger partial charge in [-0.3, -0.25) is 0 Å². The van der Waals surface area contributed by atoms with E-state index in [9.17, 15) is 4.79 Å². The molecule has 2 atom stereocenters. The third kappa shape index (κ3) is 5.23. The first kappa shape index (κ1) is 15.2. The number of amides is 1. The molecule has 0 spiro atoms. The Morgan fingerprint density at radius 3 is 2.78 bits per heavy atom. The van der Waals surface area contributed by atoms with Crippen LogP contribution in [0, 0.1) is 0 Å². The topological polar surface area (TPSA) is 67.6 Å². The van der Waals surface area contributed by atoms with Crippen LogP contribution in [0.3, 0.4) is 0 Å². The molecule has 1 amide bonds. The summed E-state index contributed by atoms with van der Waals surface area (Å²) in [4.78, 5) is 13.8. The lowest BCUT2D eigenvalue weighted by Crippen LogP contribution is -2.52. The highest BCUT2D eigenvalue weighted by Crippen LogP contribution is 2.15. The van der Waals surface area contributed by atoms with Crippen LogP contribution in [0.25, 0.3) is 0 Å². The van der Waals surface area contributed by atoms with E-state index < -0.39 is 5.60 Å². The van der Waals surface area contributed by atoms with Crippen LogP contribution in [0.2, 0.25) is 0 Å². The Balaban J connectivity index is 2.45. The van der Waals surface area contributed by atoms with Crippen LogP contribution in [-0.4, -0.2) is 48.3 Å². The van der Waals surface area contributed by atoms with Gasteiger partial charge in [0.2, 0.25) is 0 Å². The van der Waals surface area contributed by atoms with Gasteiger partial charge in [-0.2, -0.15) is 0 Å². The van der Waals surface area contributed by atoms with Crippen LogP contribution in [-0.2, 0) is 4.74 Å². The smallest absolute Gasteiger partial charge is 0.410 e. The predicted molar refractivity (Wildman–Crippen MR) is 72.5 cm³/mol. The van der Waals surface area contributed by atoms with Gasteiger partial charge in [0.25, 0.3) is 0 Å². The normalized spacial score (nSPS) is 22.7. The fourth-order valence-corrected chi connectivity index (χ4v) is 2.08. The van der Waals surface area contributed by atoms with Gasteiger partial charge in [0.15, 0.2) is 0 Å².